The normalized spacial score (nSPS) is 18.1. The molecule has 1 aliphatic heterocycles. The van der Waals surface area contributed by atoms with Crippen LogP contribution in [-0.4, -0.2) is 43.2 Å². The molecular weight excluding hydrogens is 426 g/mol. The zero-order valence-electron chi connectivity index (χ0n) is 19.6. The molecule has 172 valence electrons. The van der Waals surface area contributed by atoms with Gasteiger partial charge in [0.1, 0.15) is 0 Å². The molecule has 0 spiro atoms. The second-order valence-corrected chi connectivity index (χ2v) is 13.9. The Morgan fingerprint density at radius 2 is 1.91 bits per heavy atom. The van der Waals surface area contributed by atoms with E-state index in [0.29, 0.717) is 12.0 Å². The van der Waals surface area contributed by atoms with Gasteiger partial charge in [0.25, 0.3) is 5.91 Å². The Kier molecular flexibility index (Phi) is 7.39. The zero-order chi connectivity index (χ0) is 24.3. The minimum atomic E-state index is -2.50. The molecule has 1 heterocycles. The number of para-hydroxylation sites is 1. The highest BCUT2D eigenvalue weighted by Gasteiger charge is 2.59. The molecule has 2 rings (SSSR count). The maximum atomic E-state index is 13.9. The molecular formula is C23H31N3O5Si. The Bertz CT molecular complexity index is 992. The van der Waals surface area contributed by atoms with Crippen LogP contribution in [0.15, 0.2) is 36.9 Å². The molecule has 0 aliphatic carbocycles. The summed E-state index contributed by atoms with van der Waals surface area (Å²) >= 11 is 0. The standard InChI is InChI=1S/C23H31N3O5Si/c1-8-10-15-23(31-32(6,7)22(3,4)5)16-13-11-12-14-17(16)26(21(23)29)19(27)18(25-24)20(28)30-9-2/h8,11-14H,1,9-10,15H2,2-7H3. The highest BCUT2D eigenvalue weighted by molar-refractivity contribution is 6.74. The van der Waals surface area contributed by atoms with Crippen LogP contribution in [-0.2, 0) is 29.1 Å². The number of rotatable bonds is 8. The van der Waals surface area contributed by atoms with E-state index in [1.807, 2.05) is 13.1 Å². The Labute approximate surface area is 189 Å². The van der Waals surface area contributed by atoms with Gasteiger partial charge in [0, 0.05) is 5.56 Å². The number of amides is 2. The van der Waals surface area contributed by atoms with Gasteiger partial charge in [-0.2, -0.15) is 4.79 Å². The van der Waals surface area contributed by atoms with Crippen molar-refractivity contribution in [3.8, 4) is 0 Å². The predicted molar refractivity (Wildman–Crippen MR) is 124 cm³/mol. The molecule has 0 fully saturated rings. The topological polar surface area (TPSA) is 109 Å². The largest absolute Gasteiger partial charge is 0.463 e. The number of imide groups is 1. The van der Waals surface area contributed by atoms with Crippen LogP contribution in [0, 0.1) is 0 Å². The lowest BCUT2D eigenvalue weighted by Gasteiger charge is -2.43. The van der Waals surface area contributed by atoms with Crippen LogP contribution in [0.5, 0.6) is 0 Å². The van der Waals surface area contributed by atoms with Crippen LogP contribution < -0.4 is 4.90 Å². The molecule has 1 aliphatic rings. The van der Waals surface area contributed by atoms with E-state index < -0.39 is 37.4 Å². The Balaban J connectivity index is 2.69. The van der Waals surface area contributed by atoms with Gasteiger partial charge in [-0.25, -0.2) is 9.69 Å². The third kappa shape index (κ3) is 4.37. The smallest absolute Gasteiger partial charge is 0.457 e. The summed E-state index contributed by atoms with van der Waals surface area (Å²) in [4.78, 5) is 43.0. The molecule has 0 bridgehead atoms. The zero-order valence-corrected chi connectivity index (χ0v) is 20.6. The molecule has 1 aromatic carbocycles. The first kappa shape index (κ1) is 25.4. The first-order chi connectivity index (χ1) is 14.9. The first-order valence-corrected chi connectivity index (χ1v) is 13.5. The molecule has 32 heavy (non-hydrogen) atoms. The van der Waals surface area contributed by atoms with Crippen LogP contribution in [0.1, 0.15) is 46.1 Å². The summed E-state index contributed by atoms with van der Waals surface area (Å²) in [5, 5.41) is -0.205. The third-order valence-electron chi connectivity index (χ3n) is 6.04. The second kappa shape index (κ2) is 9.32. The van der Waals surface area contributed by atoms with E-state index in [0.717, 1.165) is 4.90 Å². The minimum absolute atomic E-state index is 0.0204. The van der Waals surface area contributed by atoms with Crippen molar-refractivity contribution in [2.24, 2.45) is 0 Å². The van der Waals surface area contributed by atoms with E-state index in [4.69, 9.17) is 9.16 Å². The summed E-state index contributed by atoms with van der Waals surface area (Å²) in [5.74, 6) is -2.80. The van der Waals surface area contributed by atoms with E-state index in [2.05, 4.69) is 32.1 Å². The van der Waals surface area contributed by atoms with Gasteiger partial charge in [0.15, 0.2) is 13.9 Å². The lowest BCUT2D eigenvalue weighted by atomic mass is 9.90. The average Bonchev–Trinajstić information content (AvgIpc) is 2.94. The van der Waals surface area contributed by atoms with Gasteiger partial charge in [-0.1, -0.05) is 45.0 Å². The maximum absolute atomic E-state index is 13.9. The highest BCUT2D eigenvalue weighted by Crippen LogP contribution is 2.50. The van der Waals surface area contributed by atoms with E-state index in [9.17, 15) is 19.9 Å². The van der Waals surface area contributed by atoms with Gasteiger partial charge in [-0.05, 0) is 44.0 Å². The van der Waals surface area contributed by atoms with Gasteiger partial charge in [-0.3, -0.25) is 9.59 Å². The van der Waals surface area contributed by atoms with E-state index in [-0.39, 0.29) is 23.8 Å². The van der Waals surface area contributed by atoms with E-state index in [1.54, 1.807) is 37.3 Å². The van der Waals surface area contributed by atoms with Gasteiger partial charge in [0.05, 0.1) is 12.3 Å². The van der Waals surface area contributed by atoms with Crippen molar-refractivity contribution in [1.82, 2.24) is 0 Å². The fraction of sp³-hybridized carbons (Fsp3) is 0.478. The number of hydrogen-bond donors (Lipinski definition) is 0. The number of benzene rings is 1. The van der Waals surface area contributed by atoms with Crippen LogP contribution in [0.3, 0.4) is 0 Å². The van der Waals surface area contributed by atoms with E-state index >= 15 is 0 Å². The van der Waals surface area contributed by atoms with Crippen molar-refractivity contribution in [1.29, 1.82) is 0 Å². The third-order valence-corrected chi connectivity index (χ3v) is 10.5. The van der Waals surface area contributed by atoms with Gasteiger partial charge in [-0.15, -0.1) is 6.58 Å². The summed E-state index contributed by atoms with van der Waals surface area (Å²) in [5.41, 5.74) is 7.86. The van der Waals surface area contributed by atoms with Crippen LogP contribution >= 0.6 is 0 Å². The van der Waals surface area contributed by atoms with Gasteiger partial charge >= 0.3 is 17.6 Å². The average molecular weight is 458 g/mol. The SMILES string of the molecule is C=CCCC1(O[Si](C)(C)C(C)(C)C)C(=O)N(C(=O)C(=[N+]=[N-])C(=O)OCC)c2ccccc21. The van der Waals surface area contributed by atoms with Crippen LogP contribution in [0.2, 0.25) is 18.1 Å². The quantitative estimate of drug-likeness (QED) is 0.112. The van der Waals surface area contributed by atoms with Gasteiger partial charge in [0.2, 0.25) is 0 Å². The van der Waals surface area contributed by atoms with Crippen molar-refractivity contribution in [2.75, 3.05) is 11.5 Å². The van der Waals surface area contributed by atoms with Crippen LogP contribution in [0.25, 0.3) is 5.53 Å². The molecule has 9 heteroatoms. The lowest BCUT2D eigenvalue weighted by Crippen LogP contribution is -2.54. The summed E-state index contributed by atoms with van der Waals surface area (Å²) in [6, 6.07) is 6.80. The number of fused-ring (bicyclic) bond motifs is 1. The molecule has 0 N–H and O–H groups in total. The lowest BCUT2D eigenvalue weighted by molar-refractivity contribution is -0.142. The van der Waals surface area contributed by atoms with Crippen molar-refractivity contribution in [3.63, 3.8) is 0 Å². The molecule has 0 aromatic heterocycles. The number of nitrogens with zero attached hydrogens (tertiary/aromatic N) is 3. The number of anilines is 1. The number of hydrogen-bond acceptors (Lipinski definition) is 5. The number of esters is 1. The summed E-state index contributed by atoms with van der Waals surface area (Å²) < 4.78 is 11.5. The number of allylic oxidation sites excluding steroid dienone is 1. The molecule has 1 aromatic rings. The summed E-state index contributed by atoms with van der Waals surface area (Å²) in [6.07, 6.45) is 2.43. The molecule has 1 unspecified atom stereocenters. The fourth-order valence-electron chi connectivity index (χ4n) is 3.38. The first-order valence-electron chi connectivity index (χ1n) is 10.6. The molecule has 1 atom stereocenters. The van der Waals surface area contributed by atoms with Crippen molar-refractivity contribution in [2.45, 2.75) is 64.3 Å². The van der Waals surface area contributed by atoms with Crippen LogP contribution in [0.4, 0.5) is 5.69 Å². The Morgan fingerprint density at radius 1 is 1.28 bits per heavy atom. The maximum Gasteiger partial charge on any atom is 0.463 e. The van der Waals surface area contributed by atoms with E-state index in [1.165, 1.54) is 0 Å². The molecule has 0 saturated carbocycles. The summed E-state index contributed by atoms with van der Waals surface area (Å²) in [6.45, 7) is 15.5. The highest BCUT2D eigenvalue weighted by atomic mass is 28.4. The molecule has 0 saturated heterocycles. The molecule has 2 amide bonds. The van der Waals surface area contributed by atoms with Crippen molar-refractivity contribution >= 4 is 37.5 Å². The van der Waals surface area contributed by atoms with Gasteiger partial charge < -0.3 is 14.7 Å². The number of carbonyl (C=O) groups excluding carboxylic acids is 3. The monoisotopic (exact) mass is 457 g/mol. The summed E-state index contributed by atoms with van der Waals surface area (Å²) in [7, 11) is -2.50. The van der Waals surface area contributed by atoms with Crippen molar-refractivity contribution in [3.05, 3.63) is 48.0 Å². The fourth-order valence-corrected chi connectivity index (χ4v) is 4.86. The Hall–Kier alpha value is -2.87. The number of carbonyl (C=O) groups is 3. The molecule has 0 radical (unpaired) electrons. The van der Waals surface area contributed by atoms with Crippen molar-refractivity contribution < 1.29 is 28.3 Å². The molecule has 8 nitrogen and oxygen atoms in total. The Morgan fingerprint density at radius 3 is 2.44 bits per heavy atom. The second-order valence-electron chi connectivity index (χ2n) is 9.15. The minimum Gasteiger partial charge on any atom is -0.457 e. The predicted octanol–water partition coefficient (Wildman–Crippen LogP) is 3.98. The number of ether oxygens (including phenoxy) is 1.